The molecule has 1 aromatic heterocycles. The molecule has 0 saturated heterocycles. The molecule has 0 fully saturated rings. The van der Waals surface area contributed by atoms with Crippen molar-refractivity contribution in [2.24, 2.45) is 0 Å². The Balaban J connectivity index is 2.33. The van der Waals surface area contributed by atoms with E-state index in [9.17, 15) is 13.2 Å². The van der Waals surface area contributed by atoms with Crippen LogP contribution in [0.1, 0.15) is 11.3 Å². The number of para-hydroxylation sites is 1. The van der Waals surface area contributed by atoms with E-state index in [0.29, 0.717) is 5.69 Å². The predicted molar refractivity (Wildman–Crippen MR) is 54.8 cm³/mol. The molecule has 90 valence electrons. The number of aromatic amines is 1. The standard InChI is InChI=1S/C11H9F3N2O/c1-7-6-15-10(16-7)17-9-5-3-2-4-8(9)11(12,13)14/h2-6H,1H3,(H,15,16). The smallest absolute Gasteiger partial charge is 0.419 e. The van der Waals surface area contributed by atoms with Crippen LogP contribution in [-0.2, 0) is 6.18 Å². The van der Waals surface area contributed by atoms with Gasteiger partial charge in [0, 0.05) is 5.69 Å². The summed E-state index contributed by atoms with van der Waals surface area (Å²) in [5.41, 5.74) is -0.112. The van der Waals surface area contributed by atoms with Crippen LogP contribution in [-0.4, -0.2) is 9.97 Å². The topological polar surface area (TPSA) is 37.9 Å². The first kappa shape index (κ1) is 11.5. The van der Waals surface area contributed by atoms with Gasteiger partial charge in [-0.25, -0.2) is 4.98 Å². The van der Waals surface area contributed by atoms with Gasteiger partial charge in [-0.1, -0.05) is 12.1 Å². The van der Waals surface area contributed by atoms with Gasteiger partial charge in [0.25, 0.3) is 6.01 Å². The minimum Gasteiger partial charge on any atom is -0.425 e. The highest BCUT2D eigenvalue weighted by atomic mass is 19.4. The second-order valence-corrected chi connectivity index (χ2v) is 3.47. The zero-order chi connectivity index (χ0) is 12.5. The van der Waals surface area contributed by atoms with Crippen molar-refractivity contribution >= 4 is 0 Å². The fourth-order valence-corrected chi connectivity index (χ4v) is 1.33. The van der Waals surface area contributed by atoms with Crippen LogP contribution in [0.25, 0.3) is 0 Å². The zero-order valence-corrected chi connectivity index (χ0v) is 8.88. The molecule has 0 aliphatic carbocycles. The number of imidazole rings is 1. The highest BCUT2D eigenvalue weighted by Crippen LogP contribution is 2.37. The minimum absolute atomic E-state index is 0.0409. The maximum Gasteiger partial charge on any atom is 0.419 e. The third kappa shape index (κ3) is 2.58. The second kappa shape index (κ2) is 4.12. The number of H-pyrrole nitrogens is 1. The number of aromatic nitrogens is 2. The molecule has 6 heteroatoms. The summed E-state index contributed by atoms with van der Waals surface area (Å²) in [5, 5.41) is 0. The lowest BCUT2D eigenvalue weighted by Crippen LogP contribution is -2.07. The van der Waals surface area contributed by atoms with Crippen molar-refractivity contribution in [2.75, 3.05) is 0 Å². The molecular formula is C11H9F3N2O. The first-order valence-corrected chi connectivity index (χ1v) is 4.82. The van der Waals surface area contributed by atoms with Crippen molar-refractivity contribution in [1.82, 2.24) is 9.97 Å². The van der Waals surface area contributed by atoms with Gasteiger partial charge in [0.05, 0.1) is 11.8 Å². The summed E-state index contributed by atoms with van der Waals surface area (Å²) in [6.45, 7) is 1.73. The molecule has 0 bridgehead atoms. The lowest BCUT2D eigenvalue weighted by molar-refractivity contribution is -0.138. The van der Waals surface area contributed by atoms with Crippen LogP contribution < -0.4 is 4.74 Å². The lowest BCUT2D eigenvalue weighted by Gasteiger charge is -2.11. The second-order valence-electron chi connectivity index (χ2n) is 3.47. The monoisotopic (exact) mass is 242 g/mol. The number of aryl methyl sites for hydroxylation is 1. The summed E-state index contributed by atoms with van der Waals surface area (Å²) in [6.07, 6.45) is -2.97. The number of hydrogen-bond donors (Lipinski definition) is 1. The third-order valence-electron chi connectivity index (χ3n) is 2.08. The first-order chi connectivity index (χ1) is 7.97. The van der Waals surface area contributed by atoms with Crippen LogP contribution in [0, 0.1) is 6.92 Å². The SMILES string of the molecule is Cc1cnc(Oc2ccccc2C(F)(F)F)[nH]1. The van der Waals surface area contributed by atoms with Crippen LogP contribution in [0.4, 0.5) is 13.2 Å². The molecular weight excluding hydrogens is 233 g/mol. The molecule has 2 aromatic rings. The Kier molecular flexibility index (Phi) is 2.79. The molecule has 0 saturated carbocycles. The van der Waals surface area contributed by atoms with Gasteiger partial charge in [0.15, 0.2) is 0 Å². The Morgan fingerprint density at radius 2 is 1.94 bits per heavy atom. The molecule has 0 amide bonds. The molecule has 2 rings (SSSR count). The average molecular weight is 242 g/mol. The number of nitrogens with one attached hydrogen (secondary N) is 1. The normalized spacial score (nSPS) is 11.5. The fraction of sp³-hybridized carbons (Fsp3) is 0.182. The number of rotatable bonds is 2. The first-order valence-electron chi connectivity index (χ1n) is 4.82. The van der Waals surface area contributed by atoms with E-state index in [4.69, 9.17) is 4.74 Å². The molecule has 0 unspecified atom stereocenters. The van der Waals surface area contributed by atoms with Gasteiger partial charge in [-0.2, -0.15) is 13.2 Å². The molecule has 1 N–H and O–H groups in total. The third-order valence-corrected chi connectivity index (χ3v) is 2.08. The van der Waals surface area contributed by atoms with E-state index in [1.807, 2.05) is 0 Å². The fourth-order valence-electron chi connectivity index (χ4n) is 1.33. The Morgan fingerprint density at radius 3 is 2.53 bits per heavy atom. The summed E-state index contributed by atoms with van der Waals surface area (Å²) in [7, 11) is 0. The summed E-state index contributed by atoms with van der Waals surface area (Å²) in [4.78, 5) is 6.49. The van der Waals surface area contributed by atoms with Crippen molar-refractivity contribution in [3.8, 4) is 11.8 Å². The molecule has 0 atom stereocenters. The minimum atomic E-state index is -4.45. The van der Waals surface area contributed by atoms with Crippen molar-refractivity contribution in [2.45, 2.75) is 13.1 Å². The maximum atomic E-state index is 12.6. The Hall–Kier alpha value is -1.98. The highest BCUT2D eigenvalue weighted by Gasteiger charge is 2.34. The van der Waals surface area contributed by atoms with Crippen molar-refractivity contribution in [3.05, 3.63) is 41.7 Å². The van der Waals surface area contributed by atoms with Crippen LogP contribution >= 0.6 is 0 Å². The molecule has 0 spiro atoms. The summed E-state index contributed by atoms with van der Waals surface area (Å²) in [5.74, 6) is -0.269. The van der Waals surface area contributed by atoms with Crippen LogP contribution in [0.3, 0.4) is 0 Å². The van der Waals surface area contributed by atoms with Crippen molar-refractivity contribution in [3.63, 3.8) is 0 Å². The molecule has 3 nitrogen and oxygen atoms in total. The number of ether oxygens (including phenoxy) is 1. The Labute approximate surface area is 95.3 Å². The van der Waals surface area contributed by atoms with E-state index in [1.54, 1.807) is 6.92 Å². The molecule has 0 radical (unpaired) electrons. The zero-order valence-electron chi connectivity index (χ0n) is 8.88. The van der Waals surface area contributed by atoms with Crippen molar-refractivity contribution < 1.29 is 17.9 Å². The number of hydrogen-bond acceptors (Lipinski definition) is 2. The highest BCUT2D eigenvalue weighted by molar-refractivity contribution is 5.37. The van der Waals surface area contributed by atoms with E-state index >= 15 is 0 Å². The van der Waals surface area contributed by atoms with Gasteiger partial charge in [-0.05, 0) is 19.1 Å². The van der Waals surface area contributed by atoms with E-state index in [2.05, 4.69) is 9.97 Å². The van der Waals surface area contributed by atoms with Gasteiger partial charge in [0.1, 0.15) is 5.75 Å². The van der Waals surface area contributed by atoms with Crippen LogP contribution in [0.2, 0.25) is 0 Å². The predicted octanol–water partition coefficient (Wildman–Crippen LogP) is 3.53. The van der Waals surface area contributed by atoms with Crippen LogP contribution in [0.5, 0.6) is 11.8 Å². The van der Waals surface area contributed by atoms with Gasteiger partial charge in [0.2, 0.25) is 0 Å². The van der Waals surface area contributed by atoms with Crippen molar-refractivity contribution in [1.29, 1.82) is 0 Å². The number of nitrogens with zero attached hydrogens (tertiary/aromatic N) is 1. The summed E-state index contributed by atoms with van der Waals surface area (Å²) < 4.78 is 43.0. The number of halogens is 3. The lowest BCUT2D eigenvalue weighted by atomic mass is 10.2. The van der Waals surface area contributed by atoms with Gasteiger partial charge in [-0.15, -0.1) is 0 Å². The molecule has 17 heavy (non-hydrogen) atoms. The quantitative estimate of drug-likeness (QED) is 0.874. The number of benzene rings is 1. The largest absolute Gasteiger partial charge is 0.425 e. The molecule has 0 aliphatic rings. The average Bonchev–Trinajstić information content (AvgIpc) is 2.63. The van der Waals surface area contributed by atoms with Gasteiger partial charge in [-0.3, -0.25) is 0 Å². The van der Waals surface area contributed by atoms with Crippen LogP contribution in [0.15, 0.2) is 30.5 Å². The maximum absolute atomic E-state index is 12.6. The van der Waals surface area contributed by atoms with Gasteiger partial charge >= 0.3 is 6.18 Å². The van der Waals surface area contributed by atoms with Gasteiger partial charge < -0.3 is 9.72 Å². The molecule has 1 heterocycles. The molecule has 1 aromatic carbocycles. The Morgan fingerprint density at radius 1 is 1.24 bits per heavy atom. The number of alkyl halides is 3. The summed E-state index contributed by atoms with van der Waals surface area (Å²) >= 11 is 0. The molecule has 0 aliphatic heterocycles. The van der Waals surface area contributed by atoms with E-state index in [0.717, 1.165) is 6.07 Å². The Bertz CT molecular complexity index is 519. The summed E-state index contributed by atoms with van der Waals surface area (Å²) in [6, 6.07) is 5.04. The van der Waals surface area contributed by atoms with E-state index < -0.39 is 11.7 Å². The van der Waals surface area contributed by atoms with E-state index in [1.165, 1.54) is 24.4 Å². The van der Waals surface area contributed by atoms with E-state index in [-0.39, 0.29) is 11.8 Å².